The molecule has 0 aliphatic rings. The molecule has 4 nitrogen and oxygen atoms in total. The molecule has 0 bridgehead atoms. The molecule has 0 radical (unpaired) electrons. The number of benzene rings is 2. The maximum atomic E-state index is 12.0. The van der Waals surface area contributed by atoms with Crippen molar-refractivity contribution in [2.24, 2.45) is 0 Å². The van der Waals surface area contributed by atoms with E-state index in [-0.39, 0.29) is 5.91 Å². The average Bonchev–Trinajstić information content (AvgIpc) is 2.54. The third-order valence-electron chi connectivity index (χ3n) is 3.24. The van der Waals surface area contributed by atoms with Crippen LogP contribution in [0.2, 0.25) is 0 Å². The van der Waals surface area contributed by atoms with Crippen molar-refractivity contribution in [3.8, 4) is 0 Å². The van der Waals surface area contributed by atoms with Crippen LogP contribution in [0.25, 0.3) is 6.08 Å². The maximum absolute atomic E-state index is 12.0. The lowest BCUT2D eigenvalue weighted by molar-refractivity contribution is -0.117. The highest BCUT2D eigenvalue weighted by atomic mass is 79.9. The molecule has 2 aromatic carbocycles. The van der Waals surface area contributed by atoms with Gasteiger partial charge in [0, 0.05) is 16.1 Å². The van der Waals surface area contributed by atoms with Crippen LogP contribution in [0.3, 0.4) is 0 Å². The quantitative estimate of drug-likeness (QED) is 0.639. The molecule has 5 heteroatoms. The topological polar surface area (TPSA) is 58.2 Å². The molecular formula is C18H17BrN2O2. The van der Waals surface area contributed by atoms with Crippen LogP contribution < -0.4 is 10.9 Å². The van der Waals surface area contributed by atoms with E-state index < -0.39 is 5.91 Å². The van der Waals surface area contributed by atoms with Gasteiger partial charge in [-0.15, -0.1) is 0 Å². The van der Waals surface area contributed by atoms with Gasteiger partial charge in [0.15, 0.2) is 0 Å². The predicted molar refractivity (Wildman–Crippen MR) is 94.7 cm³/mol. The van der Waals surface area contributed by atoms with Crippen LogP contribution >= 0.6 is 15.9 Å². The average molecular weight is 373 g/mol. The van der Waals surface area contributed by atoms with Gasteiger partial charge in [0.2, 0.25) is 0 Å². The Kier molecular flexibility index (Phi) is 5.71. The Morgan fingerprint density at radius 3 is 2.35 bits per heavy atom. The Morgan fingerprint density at radius 2 is 1.70 bits per heavy atom. The van der Waals surface area contributed by atoms with E-state index in [1.54, 1.807) is 18.2 Å². The molecular weight excluding hydrogens is 356 g/mol. The van der Waals surface area contributed by atoms with Gasteiger partial charge in [0.1, 0.15) is 0 Å². The van der Waals surface area contributed by atoms with Crippen molar-refractivity contribution in [3.05, 3.63) is 75.3 Å². The van der Waals surface area contributed by atoms with Gasteiger partial charge in [-0.3, -0.25) is 20.4 Å². The first-order valence-corrected chi connectivity index (χ1v) is 7.86. The monoisotopic (exact) mass is 372 g/mol. The molecule has 0 saturated carbocycles. The zero-order chi connectivity index (χ0) is 16.8. The fourth-order valence-electron chi connectivity index (χ4n) is 1.82. The van der Waals surface area contributed by atoms with Gasteiger partial charge in [-0.1, -0.05) is 51.8 Å². The number of aryl methyl sites for hydroxylation is 2. The molecule has 2 N–H and O–H groups in total. The summed E-state index contributed by atoms with van der Waals surface area (Å²) in [7, 11) is 0. The molecule has 0 aromatic heterocycles. The van der Waals surface area contributed by atoms with Crippen molar-refractivity contribution < 1.29 is 9.59 Å². The maximum Gasteiger partial charge on any atom is 0.269 e. The third-order valence-corrected chi connectivity index (χ3v) is 4.09. The van der Waals surface area contributed by atoms with Crippen molar-refractivity contribution in [2.45, 2.75) is 13.8 Å². The number of rotatable bonds is 3. The molecule has 2 aromatic rings. The second kappa shape index (κ2) is 7.74. The van der Waals surface area contributed by atoms with Gasteiger partial charge in [-0.25, -0.2) is 0 Å². The Labute approximate surface area is 143 Å². The van der Waals surface area contributed by atoms with Gasteiger partial charge in [0.05, 0.1) is 0 Å². The van der Waals surface area contributed by atoms with Crippen LogP contribution in [0.1, 0.15) is 27.0 Å². The zero-order valence-corrected chi connectivity index (χ0v) is 14.5. The van der Waals surface area contributed by atoms with Crippen molar-refractivity contribution >= 4 is 33.8 Å². The highest BCUT2D eigenvalue weighted by molar-refractivity contribution is 9.10. The lowest BCUT2D eigenvalue weighted by Gasteiger charge is -2.06. The lowest BCUT2D eigenvalue weighted by Crippen LogP contribution is -2.40. The van der Waals surface area contributed by atoms with Crippen LogP contribution in [-0.2, 0) is 4.79 Å². The minimum atomic E-state index is -0.398. The number of halogens is 1. The van der Waals surface area contributed by atoms with E-state index in [1.807, 2.05) is 44.2 Å². The smallest absolute Gasteiger partial charge is 0.268 e. The summed E-state index contributed by atoms with van der Waals surface area (Å²) in [4.78, 5) is 23.7. The zero-order valence-electron chi connectivity index (χ0n) is 12.9. The second-order valence-corrected chi connectivity index (χ2v) is 6.01. The summed E-state index contributed by atoms with van der Waals surface area (Å²) in [5.41, 5.74) is 8.31. The van der Waals surface area contributed by atoms with Crippen LogP contribution in [0, 0.1) is 13.8 Å². The second-order valence-electron chi connectivity index (χ2n) is 5.15. The normalized spacial score (nSPS) is 10.6. The fourth-order valence-corrected chi connectivity index (χ4v) is 2.19. The molecule has 118 valence electrons. The SMILES string of the molecule is Cc1ccc(/C=C/C(=O)NNC(=O)c2ccc(C)c(Br)c2)cc1. The Morgan fingerprint density at radius 1 is 1.00 bits per heavy atom. The number of carbonyl (C=O) groups excluding carboxylic acids is 2. The number of hydrogen-bond donors (Lipinski definition) is 2. The summed E-state index contributed by atoms with van der Waals surface area (Å²) >= 11 is 3.37. The third kappa shape index (κ3) is 5.07. The first-order chi connectivity index (χ1) is 11.0. The van der Waals surface area contributed by atoms with Crippen molar-refractivity contribution in [1.82, 2.24) is 10.9 Å². The number of amides is 2. The molecule has 0 heterocycles. The Hall–Kier alpha value is -2.40. The summed E-state index contributed by atoms with van der Waals surface area (Å²) in [6.45, 7) is 3.93. The molecule has 23 heavy (non-hydrogen) atoms. The first-order valence-electron chi connectivity index (χ1n) is 7.07. The molecule has 0 aliphatic heterocycles. The van der Waals surface area contributed by atoms with Gasteiger partial charge >= 0.3 is 0 Å². The largest absolute Gasteiger partial charge is 0.269 e. The van der Waals surface area contributed by atoms with Crippen LogP contribution in [0.5, 0.6) is 0 Å². The van der Waals surface area contributed by atoms with E-state index in [0.717, 1.165) is 21.2 Å². The minimum absolute atomic E-state index is 0.372. The van der Waals surface area contributed by atoms with E-state index in [1.165, 1.54) is 6.08 Å². The molecule has 0 saturated heterocycles. The molecule has 0 spiro atoms. The Bertz CT molecular complexity index is 752. The van der Waals surface area contributed by atoms with Crippen molar-refractivity contribution in [1.29, 1.82) is 0 Å². The molecule has 0 fully saturated rings. The van der Waals surface area contributed by atoms with E-state index in [9.17, 15) is 9.59 Å². The van der Waals surface area contributed by atoms with Gasteiger partial charge in [-0.05, 0) is 43.2 Å². The molecule has 2 amide bonds. The number of hydrazine groups is 1. The van der Waals surface area contributed by atoms with Crippen molar-refractivity contribution in [2.75, 3.05) is 0 Å². The van der Waals surface area contributed by atoms with Crippen LogP contribution in [-0.4, -0.2) is 11.8 Å². The van der Waals surface area contributed by atoms with E-state index >= 15 is 0 Å². The standard InChI is InChI=1S/C18H17BrN2O2/c1-12-3-6-14(7-4-12)8-10-17(22)20-21-18(23)15-9-5-13(2)16(19)11-15/h3-11H,1-2H3,(H,20,22)(H,21,23)/b10-8+. The van der Waals surface area contributed by atoms with Gasteiger partial charge in [0.25, 0.3) is 11.8 Å². The van der Waals surface area contributed by atoms with E-state index in [0.29, 0.717) is 5.56 Å². The highest BCUT2D eigenvalue weighted by Gasteiger charge is 2.07. The number of carbonyl (C=O) groups is 2. The molecule has 0 aliphatic carbocycles. The van der Waals surface area contributed by atoms with E-state index in [4.69, 9.17) is 0 Å². The number of nitrogens with one attached hydrogen (secondary N) is 2. The van der Waals surface area contributed by atoms with Gasteiger partial charge in [-0.2, -0.15) is 0 Å². The predicted octanol–water partition coefficient (Wildman–Crippen LogP) is 3.54. The highest BCUT2D eigenvalue weighted by Crippen LogP contribution is 2.17. The first kappa shape index (κ1) is 17.0. The molecule has 2 rings (SSSR count). The fraction of sp³-hybridized carbons (Fsp3) is 0.111. The minimum Gasteiger partial charge on any atom is -0.268 e. The summed E-state index contributed by atoms with van der Waals surface area (Å²) in [5.74, 6) is -0.770. The van der Waals surface area contributed by atoms with Crippen LogP contribution in [0.4, 0.5) is 0 Å². The summed E-state index contributed by atoms with van der Waals surface area (Å²) in [6, 6.07) is 13.0. The molecule has 0 unspecified atom stereocenters. The van der Waals surface area contributed by atoms with Crippen molar-refractivity contribution in [3.63, 3.8) is 0 Å². The Balaban J connectivity index is 1.89. The molecule has 0 atom stereocenters. The summed E-state index contributed by atoms with van der Waals surface area (Å²) in [5, 5.41) is 0. The van der Waals surface area contributed by atoms with Gasteiger partial charge < -0.3 is 0 Å². The number of hydrogen-bond acceptors (Lipinski definition) is 2. The summed E-state index contributed by atoms with van der Waals surface area (Å²) < 4.78 is 0.843. The van der Waals surface area contributed by atoms with Crippen LogP contribution in [0.15, 0.2) is 53.0 Å². The lowest BCUT2D eigenvalue weighted by atomic mass is 10.1. The van der Waals surface area contributed by atoms with E-state index in [2.05, 4.69) is 26.8 Å². The summed E-state index contributed by atoms with van der Waals surface area (Å²) in [6.07, 6.45) is 3.05.